The van der Waals surface area contributed by atoms with Crippen LogP contribution in [0.1, 0.15) is 26.7 Å². The van der Waals surface area contributed by atoms with Crippen molar-refractivity contribution in [1.82, 2.24) is 10.2 Å². The lowest BCUT2D eigenvalue weighted by molar-refractivity contribution is 0.131. The predicted octanol–water partition coefficient (Wildman–Crippen LogP) is 2.54. The normalized spacial score (nSPS) is 18.4. The maximum atomic E-state index is 5.89. The third kappa shape index (κ3) is 4.61. The molecule has 1 aliphatic heterocycles. The average molecular weight is 292 g/mol. The lowest BCUT2D eigenvalue weighted by Crippen LogP contribution is -2.50. The van der Waals surface area contributed by atoms with E-state index in [1.165, 1.54) is 12.8 Å². The largest absolute Gasteiger partial charge is 0.490 e. The summed E-state index contributed by atoms with van der Waals surface area (Å²) < 4.78 is 11.5. The molecule has 4 nitrogen and oxygen atoms in total. The first-order valence-corrected chi connectivity index (χ1v) is 7.93. The third-order valence-electron chi connectivity index (χ3n) is 4.38. The molecule has 0 bridgehead atoms. The number of piperidine rings is 1. The van der Waals surface area contributed by atoms with E-state index >= 15 is 0 Å². The average Bonchev–Trinajstić information content (AvgIpc) is 2.51. The van der Waals surface area contributed by atoms with Crippen molar-refractivity contribution in [3.8, 4) is 11.5 Å². The van der Waals surface area contributed by atoms with E-state index in [2.05, 4.69) is 24.2 Å². The van der Waals surface area contributed by atoms with Crippen molar-refractivity contribution < 1.29 is 9.47 Å². The molecular formula is C17H28N2O2. The van der Waals surface area contributed by atoms with Crippen LogP contribution in [0.4, 0.5) is 0 Å². The van der Waals surface area contributed by atoms with Gasteiger partial charge in [-0.3, -0.25) is 4.90 Å². The molecule has 0 radical (unpaired) electrons. The number of likely N-dealkylation sites (tertiary alicyclic amines) is 1. The molecule has 1 saturated heterocycles. The van der Waals surface area contributed by atoms with Gasteiger partial charge in [0.2, 0.25) is 0 Å². The fourth-order valence-electron chi connectivity index (χ4n) is 2.65. The third-order valence-corrected chi connectivity index (χ3v) is 4.38. The summed E-state index contributed by atoms with van der Waals surface area (Å²) in [6.07, 6.45) is 2.39. The van der Waals surface area contributed by atoms with Crippen LogP contribution in [0.5, 0.6) is 11.5 Å². The zero-order chi connectivity index (χ0) is 15.1. The monoisotopic (exact) mass is 292 g/mol. The summed E-state index contributed by atoms with van der Waals surface area (Å²) in [6, 6.07) is 7.88. The van der Waals surface area contributed by atoms with Crippen molar-refractivity contribution in [2.24, 2.45) is 0 Å². The van der Waals surface area contributed by atoms with Crippen LogP contribution in [0.3, 0.4) is 0 Å². The minimum absolute atomic E-state index is 0.304. The summed E-state index contributed by atoms with van der Waals surface area (Å²) in [5.41, 5.74) is 0.304. The van der Waals surface area contributed by atoms with E-state index in [-0.39, 0.29) is 0 Å². The highest BCUT2D eigenvalue weighted by Gasteiger charge is 2.27. The van der Waals surface area contributed by atoms with Gasteiger partial charge in [-0.1, -0.05) is 12.1 Å². The molecule has 0 unspecified atom stereocenters. The van der Waals surface area contributed by atoms with Crippen LogP contribution >= 0.6 is 0 Å². The number of nitrogens with one attached hydrogen (secondary N) is 1. The van der Waals surface area contributed by atoms with Crippen LogP contribution in [0.25, 0.3) is 0 Å². The highest BCUT2D eigenvalue weighted by Crippen LogP contribution is 2.26. The maximum Gasteiger partial charge on any atom is 0.161 e. The number of hydrogen-bond acceptors (Lipinski definition) is 4. The molecule has 1 heterocycles. The van der Waals surface area contributed by atoms with Crippen LogP contribution < -0.4 is 14.8 Å². The van der Waals surface area contributed by atoms with E-state index in [1.54, 1.807) is 0 Å². The number of rotatable bonds is 7. The number of nitrogens with zero attached hydrogens (tertiary/aromatic N) is 1. The van der Waals surface area contributed by atoms with E-state index in [9.17, 15) is 0 Å². The van der Waals surface area contributed by atoms with Gasteiger partial charge in [0, 0.05) is 25.2 Å². The summed E-state index contributed by atoms with van der Waals surface area (Å²) >= 11 is 0. The Kier molecular flexibility index (Phi) is 5.88. The molecule has 1 N–H and O–H groups in total. The van der Waals surface area contributed by atoms with Gasteiger partial charge in [-0.25, -0.2) is 0 Å². The van der Waals surface area contributed by atoms with E-state index in [0.717, 1.165) is 31.1 Å². The van der Waals surface area contributed by atoms with Crippen LogP contribution in [-0.2, 0) is 0 Å². The van der Waals surface area contributed by atoms with Crippen molar-refractivity contribution >= 4 is 0 Å². The van der Waals surface area contributed by atoms with Gasteiger partial charge in [-0.05, 0) is 45.9 Å². The van der Waals surface area contributed by atoms with Gasteiger partial charge in [0.05, 0.1) is 6.61 Å². The molecule has 2 rings (SSSR count). The number of hydrogen-bond donors (Lipinski definition) is 1. The molecule has 0 aliphatic carbocycles. The second kappa shape index (κ2) is 7.66. The van der Waals surface area contributed by atoms with E-state index in [4.69, 9.17) is 9.47 Å². The van der Waals surface area contributed by atoms with Crippen molar-refractivity contribution in [2.45, 2.75) is 32.2 Å². The maximum absolute atomic E-state index is 5.89. The first kappa shape index (κ1) is 16.1. The molecule has 0 amide bonds. The first-order valence-electron chi connectivity index (χ1n) is 7.93. The van der Waals surface area contributed by atoms with Crippen molar-refractivity contribution in [3.63, 3.8) is 0 Å². The molecule has 1 aromatic carbocycles. The summed E-state index contributed by atoms with van der Waals surface area (Å²) in [5, 5.41) is 3.43. The van der Waals surface area contributed by atoms with E-state index in [1.807, 2.05) is 31.2 Å². The van der Waals surface area contributed by atoms with Gasteiger partial charge in [0.1, 0.15) is 6.61 Å². The Hall–Kier alpha value is -1.26. The Bertz CT molecular complexity index is 429. The SMILES string of the molecule is CCOc1ccccc1OCCN1CCC(C)(NC)CC1. The highest BCUT2D eigenvalue weighted by atomic mass is 16.5. The molecule has 118 valence electrons. The lowest BCUT2D eigenvalue weighted by Gasteiger charge is -2.39. The van der Waals surface area contributed by atoms with Gasteiger partial charge in [0.15, 0.2) is 11.5 Å². The Morgan fingerprint density at radius 2 is 1.76 bits per heavy atom. The minimum Gasteiger partial charge on any atom is -0.490 e. The molecule has 0 atom stereocenters. The molecule has 1 aliphatic rings. The number of ether oxygens (including phenoxy) is 2. The minimum atomic E-state index is 0.304. The van der Waals surface area contributed by atoms with Crippen molar-refractivity contribution in [1.29, 1.82) is 0 Å². The highest BCUT2D eigenvalue weighted by molar-refractivity contribution is 5.39. The van der Waals surface area contributed by atoms with Gasteiger partial charge in [-0.2, -0.15) is 0 Å². The zero-order valence-electron chi connectivity index (χ0n) is 13.5. The van der Waals surface area contributed by atoms with Crippen LogP contribution in [0.15, 0.2) is 24.3 Å². The van der Waals surface area contributed by atoms with Crippen LogP contribution in [0, 0.1) is 0 Å². The molecular weight excluding hydrogens is 264 g/mol. The Balaban J connectivity index is 1.75. The smallest absolute Gasteiger partial charge is 0.161 e. The van der Waals surface area contributed by atoms with E-state index in [0.29, 0.717) is 18.8 Å². The fourth-order valence-corrected chi connectivity index (χ4v) is 2.65. The van der Waals surface area contributed by atoms with Crippen molar-refractivity contribution in [3.05, 3.63) is 24.3 Å². The second-order valence-corrected chi connectivity index (χ2v) is 5.88. The van der Waals surface area contributed by atoms with Crippen LogP contribution in [0.2, 0.25) is 0 Å². The fraction of sp³-hybridized carbons (Fsp3) is 0.647. The molecule has 21 heavy (non-hydrogen) atoms. The van der Waals surface area contributed by atoms with Crippen LogP contribution in [-0.4, -0.2) is 50.3 Å². The second-order valence-electron chi connectivity index (χ2n) is 5.88. The lowest BCUT2D eigenvalue weighted by atomic mass is 9.90. The quantitative estimate of drug-likeness (QED) is 0.837. The van der Waals surface area contributed by atoms with Gasteiger partial charge < -0.3 is 14.8 Å². The molecule has 4 heteroatoms. The standard InChI is InChI=1S/C17H28N2O2/c1-4-20-15-7-5-6-8-16(15)21-14-13-19-11-9-17(2,18-3)10-12-19/h5-8,18H,4,9-14H2,1-3H3. The topological polar surface area (TPSA) is 33.7 Å². The Morgan fingerprint density at radius 3 is 2.33 bits per heavy atom. The summed E-state index contributed by atoms with van der Waals surface area (Å²) in [4.78, 5) is 2.47. The number of para-hydroxylation sites is 2. The molecule has 0 spiro atoms. The Labute approximate surface area is 128 Å². The summed E-state index contributed by atoms with van der Waals surface area (Å²) in [7, 11) is 2.06. The molecule has 1 fully saturated rings. The summed E-state index contributed by atoms with van der Waals surface area (Å²) in [6.45, 7) is 8.90. The molecule has 0 aromatic heterocycles. The van der Waals surface area contributed by atoms with E-state index < -0.39 is 0 Å². The molecule has 0 saturated carbocycles. The van der Waals surface area contributed by atoms with Gasteiger partial charge in [0.25, 0.3) is 0 Å². The predicted molar refractivity (Wildman–Crippen MR) is 86.2 cm³/mol. The molecule has 1 aromatic rings. The summed E-state index contributed by atoms with van der Waals surface area (Å²) in [5.74, 6) is 1.68. The first-order chi connectivity index (χ1) is 10.2. The van der Waals surface area contributed by atoms with Gasteiger partial charge >= 0.3 is 0 Å². The van der Waals surface area contributed by atoms with Gasteiger partial charge in [-0.15, -0.1) is 0 Å². The number of benzene rings is 1. The Morgan fingerprint density at radius 1 is 1.14 bits per heavy atom. The zero-order valence-corrected chi connectivity index (χ0v) is 13.5. The van der Waals surface area contributed by atoms with Crippen molar-refractivity contribution in [2.75, 3.05) is 39.9 Å².